The van der Waals surface area contributed by atoms with Crippen molar-refractivity contribution in [3.63, 3.8) is 0 Å². The number of aromatic nitrogens is 2. The second-order valence-corrected chi connectivity index (χ2v) is 7.08. The summed E-state index contributed by atoms with van der Waals surface area (Å²) in [5.41, 5.74) is -0.195. The van der Waals surface area contributed by atoms with Crippen molar-refractivity contribution in [1.29, 1.82) is 5.26 Å². The molecular weight excluding hydrogens is 306 g/mol. The Morgan fingerprint density at radius 2 is 2.08 bits per heavy atom. The molecule has 0 saturated heterocycles. The monoisotopic (exact) mass is 331 g/mol. The molecule has 0 bridgehead atoms. The van der Waals surface area contributed by atoms with Crippen LogP contribution in [0, 0.1) is 17.2 Å². The van der Waals surface area contributed by atoms with E-state index in [1.807, 2.05) is 26.8 Å². The molecule has 1 amide bonds. The van der Waals surface area contributed by atoms with Gasteiger partial charge in [-0.1, -0.05) is 12.8 Å². The van der Waals surface area contributed by atoms with Gasteiger partial charge in [-0.3, -0.25) is 0 Å². The largest absolute Gasteiger partial charge is 0.444 e. The lowest BCUT2D eigenvalue weighted by atomic mass is 9.84. The van der Waals surface area contributed by atoms with E-state index in [0.29, 0.717) is 24.0 Å². The van der Waals surface area contributed by atoms with Gasteiger partial charge < -0.3 is 15.4 Å². The van der Waals surface area contributed by atoms with Crippen LogP contribution in [0.1, 0.15) is 52.1 Å². The van der Waals surface area contributed by atoms with E-state index in [1.165, 1.54) is 6.20 Å². The molecule has 7 heteroatoms. The van der Waals surface area contributed by atoms with Gasteiger partial charge in [0.25, 0.3) is 0 Å². The number of amides is 1. The van der Waals surface area contributed by atoms with Crippen molar-refractivity contribution in [3.8, 4) is 6.07 Å². The van der Waals surface area contributed by atoms with Crippen LogP contribution in [0.4, 0.5) is 10.6 Å². The summed E-state index contributed by atoms with van der Waals surface area (Å²) < 4.78 is 5.28. The topological polar surface area (TPSA) is 99.9 Å². The predicted molar refractivity (Wildman–Crippen MR) is 90.4 cm³/mol. The van der Waals surface area contributed by atoms with Crippen molar-refractivity contribution in [3.05, 3.63) is 18.1 Å². The van der Waals surface area contributed by atoms with Crippen molar-refractivity contribution in [2.75, 3.05) is 11.9 Å². The Morgan fingerprint density at radius 3 is 2.71 bits per heavy atom. The summed E-state index contributed by atoms with van der Waals surface area (Å²) in [5.74, 6) is 0.965. The minimum Gasteiger partial charge on any atom is -0.444 e. The maximum Gasteiger partial charge on any atom is 0.407 e. The highest BCUT2D eigenvalue weighted by molar-refractivity contribution is 5.67. The number of nitrogens with zero attached hydrogens (tertiary/aromatic N) is 3. The molecule has 1 saturated carbocycles. The lowest BCUT2D eigenvalue weighted by Gasteiger charge is -2.32. The molecule has 1 aromatic heterocycles. The fraction of sp³-hybridized carbons (Fsp3) is 0.647. The third-order valence-corrected chi connectivity index (χ3v) is 3.92. The number of nitriles is 1. The Hall–Kier alpha value is -2.36. The van der Waals surface area contributed by atoms with Gasteiger partial charge >= 0.3 is 6.09 Å². The number of hydrogen-bond donors (Lipinski definition) is 2. The number of rotatable bonds is 4. The summed E-state index contributed by atoms with van der Waals surface area (Å²) in [5, 5.41) is 15.0. The zero-order chi connectivity index (χ0) is 17.6. The summed E-state index contributed by atoms with van der Waals surface area (Å²) in [7, 11) is 0. The Bertz CT molecular complexity index is 588. The van der Waals surface area contributed by atoms with Crippen molar-refractivity contribution in [1.82, 2.24) is 15.3 Å². The van der Waals surface area contributed by atoms with Crippen LogP contribution in [0.3, 0.4) is 0 Å². The highest BCUT2D eigenvalue weighted by Crippen LogP contribution is 2.26. The average Bonchev–Trinajstić information content (AvgIpc) is 2.53. The third kappa shape index (κ3) is 5.69. The van der Waals surface area contributed by atoms with Crippen LogP contribution in [-0.2, 0) is 4.74 Å². The number of alkyl carbamates (subject to hydrolysis) is 1. The molecule has 0 aromatic carbocycles. The zero-order valence-corrected chi connectivity index (χ0v) is 14.5. The lowest BCUT2D eigenvalue weighted by Crippen LogP contribution is -2.42. The van der Waals surface area contributed by atoms with E-state index in [9.17, 15) is 4.79 Å². The molecule has 130 valence electrons. The number of nitrogens with one attached hydrogen (secondary N) is 2. The second kappa shape index (κ2) is 7.95. The molecule has 1 aromatic rings. The summed E-state index contributed by atoms with van der Waals surface area (Å²) in [6, 6.07) is 2.17. The lowest BCUT2D eigenvalue weighted by molar-refractivity contribution is 0.0514. The molecule has 2 atom stereocenters. The van der Waals surface area contributed by atoms with E-state index >= 15 is 0 Å². The number of ether oxygens (including phenoxy) is 1. The summed E-state index contributed by atoms with van der Waals surface area (Å²) in [6.07, 6.45) is 7.00. The molecule has 2 rings (SSSR count). The van der Waals surface area contributed by atoms with Gasteiger partial charge in [-0.15, -0.1) is 0 Å². The van der Waals surface area contributed by atoms with E-state index < -0.39 is 5.60 Å². The molecule has 0 radical (unpaired) electrons. The maximum atomic E-state index is 11.8. The molecular formula is C17H25N5O2. The molecule has 24 heavy (non-hydrogen) atoms. The number of carbonyl (C=O) groups is 1. The normalized spacial score (nSPS) is 20.8. The quantitative estimate of drug-likeness (QED) is 0.880. The molecule has 7 nitrogen and oxygen atoms in total. The minimum absolute atomic E-state index is 0.218. The van der Waals surface area contributed by atoms with Crippen molar-refractivity contribution in [2.24, 2.45) is 5.92 Å². The van der Waals surface area contributed by atoms with E-state index in [-0.39, 0.29) is 12.1 Å². The molecule has 1 aliphatic carbocycles. The third-order valence-electron chi connectivity index (χ3n) is 3.92. The van der Waals surface area contributed by atoms with Crippen LogP contribution in [0.2, 0.25) is 0 Å². The van der Waals surface area contributed by atoms with Gasteiger partial charge in [-0.05, 0) is 39.5 Å². The fourth-order valence-electron chi connectivity index (χ4n) is 2.82. The first-order valence-electron chi connectivity index (χ1n) is 8.33. The average molecular weight is 331 g/mol. The maximum absolute atomic E-state index is 11.8. The van der Waals surface area contributed by atoms with Gasteiger partial charge in [0.2, 0.25) is 0 Å². The summed E-state index contributed by atoms with van der Waals surface area (Å²) in [4.78, 5) is 20.1. The Balaban J connectivity index is 1.90. The molecule has 0 spiro atoms. The van der Waals surface area contributed by atoms with Crippen LogP contribution in [0.25, 0.3) is 0 Å². The second-order valence-electron chi connectivity index (χ2n) is 7.08. The van der Waals surface area contributed by atoms with Crippen LogP contribution >= 0.6 is 0 Å². The van der Waals surface area contributed by atoms with Gasteiger partial charge in [0.15, 0.2) is 5.69 Å². The number of anilines is 1. The minimum atomic E-state index is -0.494. The molecule has 1 aliphatic rings. The smallest absolute Gasteiger partial charge is 0.407 e. The standard InChI is InChI=1S/C17H25N5O2/c1-17(2,3)24-16(23)21-9-12-6-4-5-7-14(12)22-15-11-19-13(8-18)10-20-15/h10-12,14H,4-7,9H2,1-3H3,(H,20,22)(H,21,23). The number of hydrogen-bond acceptors (Lipinski definition) is 6. The summed E-state index contributed by atoms with van der Waals surface area (Å²) >= 11 is 0. The van der Waals surface area contributed by atoms with Crippen LogP contribution in [-0.4, -0.2) is 34.2 Å². The van der Waals surface area contributed by atoms with E-state index in [2.05, 4.69) is 20.6 Å². The molecule has 0 aliphatic heterocycles. The Kier molecular flexibility index (Phi) is 5.96. The van der Waals surface area contributed by atoms with Gasteiger partial charge in [-0.2, -0.15) is 5.26 Å². The fourth-order valence-corrected chi connectivity index (χ4v) is 2.82. The first-order chi connectivity index (χ1) is 11.4. The molecule has 1 fully saturated rings. The molecule has 2 N–H and O–H groups in total. The Morgan fingerprint density at radius 1 is 1.33 bits per heavy atom. The van der Waals surface area contributed by atoms with Crippen LogP contribution in [0.5, 0.6) is 0 Å². The van der Waals surface area contributed by atoms with E-state index in [4.69, 9.17) is 10.00 Å². The van der Waals surface area contributed by atoms with Gasteiger partial charge in [0, 0.05) is 12.6 Å². The first-order valence-corrected chi connectivity index (χ1v) is 8.33. The van der Waals surface area contributed by atoms with Crippen molar-refractivity contribution in [2.45, 2.75) is 58.1 Å². The zero-order valence-electron chi connectivity index (χ0n) is 14.5. The highest BCUT2D eigenvalue weighted by atomic mass is 16.6. The molecule has 1 heterocycles. The predicted octanol–water partition coefficient (Wildman–Crippen LogP) is 2.84. The van der Waals surface area contributed by atoms with Crippen molar-refractivity contribution >= 4 is 11.9 Å². The van der Waals surface area contributed by atoms with E-state index in [0.717, 1.165) is 25.7 Å². The first kappa shape index (κ1) is 18.0. The van der Waals surface area contributed by atoms with Crippen molar-refractivity contribution < 1.29 is 9.53 Å². The summed E-state index contributed by atoms with van der Waals surface area (Å²) in [6.45, 7) is 6.11. The van der Waals surface area contributed by atoms with Gasteiger partial charge in [0.05, 0.1) is 12.4 Å². The van der Waals surface area contributed by atoms with E-state index in [1.54, 1.807) is 6.20 Å². The van der Waals surface area contributed by atoms with Gasteiger partial charge in [-0.25, -0.2) is 14.8 Å². The SMILES string of the molecule is CC(C)(C)OC(=O)NCC1CCCCC1Nc1cnc(C#N)cn1. The van der Waals surface area contributed by atoms with Crippen LogP contribution < -0.4 is 10.6 Å². The Labute approximate surface area is 142 Å². The number of carbonyl (C=O) groups excluding carboxylic acids is 1. The highest BCUT2D eigenvalue weighted by Gasteiger charge is 2.26. The van der Waals surface area contributed by atoms with Crippen LogP contribution in [0.15, 0.2) is 12.4 Å². The van der Waals surface area contributed by atoms with Gasteiger partial charge in [0.1, 0.15) is 17.5 Å². The molecule has 2 unspecified atom stereocenters.